The topological polar surface area (TPSA) is 56.0 Å². The van der Waals surface area contributed by atoms with Crippen molar-refractivity contribution in [3.05, 3.63) is 45.5 Å². The summed E-state index contributed by atoms with van der Waals surface area (Å²) in [6.07, 6.45) is 1.69. The molecule has 0 N–H and O–H groups in total. The van der Waals surface area contributed by atoms with Gasteiger partial charge >= 0.3 is 0 Å². The fraction of sp³-hybridized carbons (Fsp3) is 0.100. The van der Waals surface area contributed by atoms with Crippen molar-refractivity contribution in [2.24, 2.45) is 0 Å². The Labute approximate surface area is 90.4 Å². The van der Waals surface area contributed by atoms with Crippen LogP contribution in [-0.4, -0.2) is 9.91 Å². The maximum Gasteiger partial charge on any atom is 0.273 e. The summed E-state index contributed by atoms with van der Waals surface area (Å²) < 4.78 is 0. The Morgan fingerprint density at radius 3 is 2.87 bits per heavy atom. The van der Waals surface area contributed by atoms with Gasteiger partial charge in [-0.15, -0.1) is 11.3 Å². The van der Waals surface area contributed by atoms with E-state index in [0.29, 0.717) is 5.56 Å². The van der Waals surface area contributed by atoms with Crippen LogP contribution in [0, 0.1) is 17.0 Å². The first-order valence-electron chi connectivity index (χ1n) is 4.34. The van der Waals surface area contributed by atoms with Crippen LogP contribution in [0.25, 0.3) is 10.6 Å². The Bertz CT molecular complexity index is 494. The van der Waals surface area contributed by atoms with E-state index in [1.807, 2.05) is 11.4 Å². The lowest BCUT2D eigenvalue weighted by Crippen LogP contribution is -1.93. The largest absolute Gasteiger partial charge is 0.273 e. The molecule has 0 aliphatic carbocycles. The molecular weight excluding hydrogens is 212 g/mol. The van der Waals surface area contributed by atoms with Gasteiger partial charge in [-0.1, -0.05) is 12.1 Å². The fourth-order valence-electron chi connectivity index (χ4n) is 1.41. The molecule has 1 heterocycles. The molecule has 4 nitrogen and oxygen atoms in total. The first-order valence-corrected chi connectivity index (χ1v) is 5.22. The summed E-state index contributed by atoms with van der Waals surface area (Å²) >= 11 is 1.48. The van der Waals surface area contributed by atoms with Crippen molar-refractivity contribution in [3.63, 3.8) is 0 Å². The number of nitrogens with zero attached hydrogens (tertiary/aromatic N) is 2. The van der Waals surface area contributed by atoms with Crippen LogP contribution in [0.4, 0.5) is 5.69 Å². The number of hydrogen-bond acceptors (Lipinski definition) is 4. The van der Waals surface area contributed by atoms with Gasteiger partial charge in [0.15, 0.2) is 0 Å². The number of aromatic nitrogens is 1. The number of benzene rings is 1. The average molecular weight is 220 g/mol. The summed E-state index contributed by atoms with van der Waals surface area (Å²) in [5.41, 5.74) is 1.64. The molecule has 0 unspecified atom stereocenters. The minimum Gasteiger partial charge on any atom is -0.258 e. The van der Waals surface area contributed by atoms with Gasteiger partial charge in [0.1, 0.15) is 5.01 Å². The van der Waals surface area contributed by atoms with E-state index in [2.05, 4.69) is 4.98 Å². The van der Waals surface area contributed by atoms with Gasteiger partial charge in [0.2, 0.25) is 0 Å². The van der Waals surface area contributed by atoms with Gasteiger partial charge in [-0.05, 0) is 6.92 Å². The molecule has 0 aliphatic heterocycles. The summed E-state index contributed by atoms with van der Waals surface area (Å²) in [5, 5.41) is 13.4. The molecule has 0 saturated heterocycles. The lowest BCUT2D eigenvalue weighted by Gasteiger charge is -2.02. The minimum absolute atomic E-state index is 0.141. The van der Waals surface area contributed by atoms with Gasteiger partial charge in [-0.25, -0.2) is 4.98 Å². The summed E-state index contributed by atoms with van der Waals surface area (Å²) in [5.74, 6) is 0. The minimum atomic E-state index is -0.369. The molecule has 1 aromatic heterocycles. The van der Waals surface area contributed by atoms with E-state index in [1.54, 1.807) is 19.2 Å². The smallest absolute Gasteiger partial charge is 0.258 e. The predicted molar refractivity (Wildman–Crippen MR) is 58.9 cm³/mol. The number of nitro benzene ring substituents is 1. The number of nitro groups is 1. The van der Waals surface area contributed by atoms with Crippen molar-refractivity contribution >= 4 is 17.0 Å². The van der Waals surface area contributed by atoms with E-state index in [1.165, 1.54) is 17.4 Å². The van der Waals surface area contributed by atoms with E-state index in [4.69, 9.17) is 0 Å². The molecule has 0 aliphatic rings. The molecule has 1 aromatic carbocycles. The van der Waals surface area contributed by atoms with Crippen LogP contribution in [0.2, 0.25) is 0 Å². The van der Waals surface area contributed by atoms with Crippen LogP contribution in [0.5, 0.6) is 0 Å². The van der Waals surface area contributed by atoms with E-state index >= 15 is 0 Å². The summed E-state index contributed by atoms with van der Waals surface area (Å²) in [4.78, 5) is 14.5. The molecule has 15 heavy (non-hydrogen) atoms. The normalized spacial score (nSPS) is 10.2. The third-order valence-corrected chi connectivity index (χ3v) is 2.97. The van der Waals surface area contributed by atoms with Crippen molar-refractivity contribution < 1.29 is 4.92 Å². The Hall–Kier alpha value is -1.75. The van der Waals surface area contributed by atoms with Gasteiger partial charge in [-0.2, -0.15) is 0 Å². The standard InChI is InChI=1S/C10H8N2O2S/c1-7-8(10-11-5-6-15-10)3-2-4-9(7)12(13)14/h2-6H,1H3. The van der Waals surface area contributed by atoms with Crippen molar-refractivity contribution in [3.8, 4) is 10.6 Å². The number of hydrogen-bond donors (Lipinski definition) is 0. The van der Waals surface area contributed by atoms with Crippen LogP contribution in [0.3, 0.4) is 0 Å². The highest BCUT2D eigenvalue weighted by Gasteiger charge is 2.15. The molecule has 2 rings (SSSR count). The van der Waals surface area contributed by atoms with Gasteiger partial charge in [0.05, 0.1) is 4.92 Å². The zero-order chi connectivity index (χ0) is 10.8. The molecular formula is C10H8N2O2S. The predicted octanol–water partition coefficient (Wildman–Crippen LogP) is 3.03. The van der Waals surface area contributed by atoms with Gasteiger partial charge in [-0.3, -0.25) is 10.1 Å². The Morgan fingerprint density at radius 2 is 2.27 bits per heavy atom. The maximum atomic E-state index is 10.7. The number of thiazole rings is 1. The van der Waals surface area contributed by atoms with Crippen molar-refractivity contribution in [1.29, 1.82) is 0 Å². The van der Waals surface area contributed by atoms with Gasteiger partial charge < -0.3 is 0 Å². The fourth-order valence-corrected chi connectivity index (χ4v) is 2.13. The van der Waals surface area contributed by atoms with Crippen molar-refractivity contribution in [2.75, 3.05) is 0 Å². The Balaban J connectivity index is 2.59. The highest BCUT2D eigenvalue weighted by atomic mass is 32.1. The SMILES string of the molecule is Cc1c(-c2nccs2)cccc1[N+](=O)[O-]. The molecule has 5 heteroatoms. The lowest BCUT2D eigenvalue weighted by atomic mass is 10.1. The molecule has 0 radical (unpaired) electrons. The zero-order valence-electron chi connectivity index (χ0n) is 8.01. The van der Waals surface area contributed by atoms with Gasteiger partial charge in [0, 0.05) is 28.8 Å². The van der Waals surface area contributed by atoms with E-state index in [0.717, 1.165) is 10.6 Å². The third kappa shape index (κ3) is 1.73. The Kier molecular flexibility index (Phi) is 2.47. The monoisotopic (exact) mass is 220 g/mol. The Morgan fingerprint density at radius 1 is 1.47 bits per heavy atom. The van der Waals surface area contributed by atoms with Crippen LogP contribution in [-0.2, 0) is 0 Å². The molecule has 76 valence electrons. The molecule has 2 aromatic rings. The van der Waals surface area contributed by atoms with E-state index in [-0.39, 0.29) is 10.6 Å². The quantitative estimate of drug-likeness (QED) is 0.577. The third-order valence-electron chi connectivity index (χ3n) is 2.16. The summed E-state index contributed by atoms with van der Waals surface area (Å²) in [6, 6.07) is 5.04. The zero-order valence-corrected chi connectivity index (χ0v) is 8.82. The first-order chi connectivity index (χ1) is 7.20. The lowest BCUT2D eigenvalue weighted by molar-refractivity contribution is -0.385. The second-order valence-corrected chi connectivity index (χ2v) is 3.94. The molecule has 0 bridgehead atoms. The van der Waals surface area contributed by atoms with Crippen LogP contribution in [0.15, 0.2) is 29.8 Å². The molecule has 0 amide bonds. The first kappa shape index (κ1) is 9.79. The molecule has 0 fully saturated rings. The van der Waals surface area contributed by atoms with Crippen LogP contribution < -0.4 is 0 Å². The highest BCUT2D eigenvalue weighted by molar-refractivity contribution is 7.13. The maximum absolute atomic E-state index is 10.7. The highest BCUT2D eigenvalue weighted by Crippen LogP contribution is 2.30. The van der Waals surface area contributed by atoms with E-state index < -0.39 is 0 Å². The summed E-state index contributed by atoms with van der Waals surface area (Å²) in [7, 11) is 0. The molecule has 0 spiro atoms. The molecule has 0 atom stereocenters. The summed E-state index contributed by atoms with van der Waals surface area (Å²) in [6.45, 7) is 1.74. The second-order valence-electron chi connectivity index (χ2n) is 3.04. The number of rotatable bonds is 2. The van der Waals surface area contributed by atoms with Gasteiger partial charge in [0.25, 0.3) is 5.69 Å². The molecule has 0 saturated carbocycles. The van der Waals surface area contributed by atoms with Crippen molar-refractivity contribution in [1.82, 2.24) is 4.98 Å². The van der Waals surface area contributed by atoms with Crippen molar-refractivity contribution in [2.45, 2.75) is 6.92 Å². The van der Waals surface area contributed by atoms with Crippen LogP contribution >= 0.6 is 11.3 Å². The van der Waals surface area contributed by atoms with Crippen LogP contribution in [0.1, 0.15) is 5.56 Å². The van der Waals surface area contributed by atoms with E-state index in [9.17, 15) is 10.1 Å². The average Bonchev–Trinajstić information content (AvgIpc) is 2.70. The second kappa shape index (κ2) is 3.78.